The molecule has 154 valence electrons. The maximum Gasteiger partial charge on any atom is 0.191 e. The highest BCUT2D eigenvalue weighted by molar-refractivity contribution is 14.0. The first-order valence-corrected chi connectivity index (χ1v) is 9.89. The predicted molar refractivity (Wildman–Crippen MR) is 125 cm³/mol. The van der Waals surface area contributed by atoms with Gasteiger partial charge in [0.15, 0.2) is 5.96 Å². The number of benzene rings is 1. The Hall–Kier alpha value is -0.860. The maximum atomic E-state index is 5.93. The van der Waals surface area contributed by atoms with Crippen LogP contribution in [0.3, 0.4) is 0 Å². The molecular weight excluding hydrogens is 451 g/mol. The number of likely N-dealkylation sites (tertiary alicyclic amines) is 1. The second kappa shape index (κ2) is 12.6. The van der Waals surface area contributed by atoms with Crippen molar-refractivity contribution in [3.05, 3.63) is 35.9 Å². The first-order valence-electron chi connectivity index (χ1n) is 9.89. The van der Waals surface area contributed by atoms with E-state index in [1.54, 1.807) is 0 Å². The van der Waals surface area contributed by atoms with Crippen molar-refractivity contribution in [1.82, 2.24) is 15.5 Å². The Morgan fingerprint density at radius 1 is 1.22 bits per heavy atom. The Balaban J connectivity index is 0.00000364. The summed E-state index contributed by atoms with van der Waals surface area (Å²) in [6, 6.07) is 11.4. The third kappa shape index (κ3) is 7.95. The first kappa shape index (κ1) is 24.2. The predicted octanol–water partition coefficient (Wildman–Crippen LogP) is 3.67. The van der Waals surface area contributed by atoms with Crippen LogP contribution in [0.25, 0.3) is 0 Å². The number of nitrogens with zero attached hydrogens (tertiary/aromatic N) is 2. The van der Waals surface area contributed by atoms with Crippen LogP contribution in [0.4, 0.5) is 0 Å². The van der Waals surface area contributed by atoms with Crippen LogP contribution in [0, 0.1) is 5.92 Å². The van der Waals surface area contributed by atoms with Gasteiger partial charge in [-0.1, -0.05) is 37.3 Å². The van der Waals surface area contributed by atoms with E-state index in [1.165, 1.54) is 5.56 Å². The number of hydrogen-bond donors (Lipinski definition) is 2. The smallest absolute Gasteiger partial charge is 0.191 e. The molecule has 0 saturated carbocycles. The lowest BCUT2D eigenvalue weighted by Crippen LogP contribution is -2.47. The van der Waals surface area contributed by atoms with Crippen LogP contribution in [-0.4, -0.2) is 56.2 Å². The molecule has 0 bridgehead atoms. The van der Waals surface area contributed by atoms with Gasteiger partial charge in [0.1, 0.15) is 0 Å². The Morgan fingerprint density at radius 2 is 1.93 bits per heavy atom. The zero-order chi connectivity index (χ0) is 18.9. The number of ether oxygens (including phenoxy) is 1. The first-order chi connectivity index (χ1) is 12.5. The Morgan fingerprint density at radius 3 is 2.52 bits per heavy atom. The van der Waals surface area contributed by atoms with Gasteiger partial charge in [-0.25, -0.2) is 0 Å². The zero-order valence-electron chi connectivity index (χ0n) is 17.4. The van der Waals surface area contributed by atoms with E-state index in [0.29, 0.717) is 18.0 Å². The van der Waals surface area contributed by atoms with Gasteiger partial charge in [-0.15, -0.1) is 24.0 Å². The monoisotopic (exact) mass is 488 g/mol. The molecule has 27 heavy (non-hydrogen) atoms. The van der Waals surface area contributed by atoms with Crippen molar-refractivity contribution < 1.29 is 4.74 Å². The number of guanidine groups is 1. The van der Waals surface area contributed by atoms with E-state index in [0.717, 1.165) is 38.6 Å². The summed E-state index contributed by atoms with van der Waals surface area (Å²) >= 11 is 0. The van der Waals surface area contributed by atoms with E-state index in [4.69, 9.17) is 4.74 Å². The molecule has 0 spiro atoms. The lowest BCUT2D eigenvalue weighted by Gasteiger charge is -2.22. The summed E-state index contributed by atoms with van der Waals surface area (Å²) in [5.74, 6) is 1.52. The summed E-state index contributed by atoms with van der Waals surface area (Å²) in [6.07, 6.45) is 1.09. The average molecular weight is 488 g/mol. The Labute approximate surface area is 182 Å². The van der Waals surface area contributed by atoms with Crippen LogP contribution in [0.2, 0.25) is 0 Å². The summed E-state index contributed by atoms with van der Waals surface area (Å²) in [4.78, 5) is 6.89. The van der Waals surface area contributed by atoms with Gasteiger partial charge in [-0.05, 0) is 38.7 Å². The van der Waals surface area contributed by atoms with Crippen molar-refractivity contribution in [3.63, 3.8) is 0 Å². The molecule has 0 radical (unpaired) electrons. The molecule has 0 amide bonds. The van der Waals surface area contributed by atoms with Crippen molar-refractivity contribution in [2.75, 3.05) is 33.3 Å². The molecule has 1 aromatic rings. The molecule has 2 N–H and O–H groups in total. The maximum absolute atomic E-state index is 5.93. The van der Waals surface area contributed by atoms with Gasteiger partial charge in [0.25, 0.3) is 0 Å². The normalized spacial score (nSPS) is 21.8. The molecule has 1 aliphatic rings. The molecule has 6 heteroatoms. The van der Waals surface area contributed by atoms with Gasteiger partial charge in [0.2, 0.25) is 0 Å². The second-order valence-corrected chi connectivity index (χ2v) is 7.55. The van der Waals surface area contributed by atoms with Crippen LogP contribution in [0.15, 0.2) is 35.3 Å². The molecular formula is C21H37IN4O. The second-order valence-electron chi connectivity index (χ2n) is 7.55. The van der Waals surface area contributed by atoms with E-state index in [9.17, 15) is 0 Å². The fourth-order valence-electron chi connectivity index (χ4n) is 3.34. The largest absolute Gasteiger partial charge is 0.374 e. The van der Waals surface area contributed by atoms with Crippen LogP contribution < -0.4 is 10.6 Å². The highest BCUT2D eigenvalue weighted by atomic mass is 127. The van der Waals surface area contributed by atoms with Crippen molar-refractivity contribution in [2.45, 2.75) is 52.3 Å². The van der Waals surface area contributed by atoms with Crippen LogP contribution in [0.1, 0.15) is 45.8 Å². The van der Waals surface area contributed by atoms with Crippen molar-refractivity contribution >= 4 is 29.9 Å². The van der Waals surface area contributed by atoms with Gasteiger partial charge < -0.3 is 15.4 Å². The molecule has 3 atom stereocenters. The van der Waals surface area contributed by atoms with Crippen molar-refractivity contribution in [2.24, 2.45) is 10.9 Å². The minimum Gasteiger partial charge on any atom is -0.374 e. The lowest BCUT2D eigenvalue weighted by molar-refractivity contribution is 0.0646. The average Bonchev–Trinajstić information content (AvgIpc) is 3.01. The molecule has 1 fully saturated rings. The lowest BCUT2D eigenvalue weighted by atomic mass is 10.1. The van der Waals surface area contributed by atoms with E-state index >= 15 is 0 Å². The molecule has 1 heterocycles. The van der Waals surface area contributed by atoms with Crippen LogP contribution in [0.5, 0.6) is 0 Å². The molecule has 5 nitrogen and oxygen atoms in total. The number of halogens is 1. The summed E-state index contributed by atoms with van der Waals surface area (Å²) in [5.41, 5.74) is 1.22. The van der Waals surface area contributed by atoms with E-state index in [1.807, 2.05) is 13.1 Å². The number of aliphatic imine (C=N–C) groups is 1. The highest BCUT2D eigenvalue weighted by Crippen LogP contribution is 2.18. The molecule has 3 unspecified atom stereocenters. The van der Waals surface area contributed by atoms with Crippen LogP contribution in [-0.2, 0) is 4.74 Å². The molecule has 1 aliphatic heterocycles. The van der Waals surface area contributed by atoms with E-state index in [-0.39, 0.29) is 30.1 Å². The fraction of sp³-hybridized carbons (Fsp3) is 0.667. The zero-order valence-corrected chi connectivity index (χ0v) is 19.8. The van der Waals surface area contributed by atoms with E-state index in [2.05, 4.69) is 72.5 Å². The Kier molecular flexibility index (Phi) is 11.3. The summed E-state index contributed by atoms with van der Waals surface area (Å²) in [5, 5.41) is 7.00. The molecule has 1 aromatic carbocycles. The van der Waals surface area contributed by atoms with Gasteiger partial charge in [0.05, 0.1) is 6.10 Å². The van der Waals surface area contributed by atoms with Gasteiger partial charge >= 0.3 is 0 Å². The third-order valence-electron chi connectivity index (χ3n) is 5.17. The van der Waals surface area contributed by atoms with Gasteiger partial charge in [-0.3, -0.25) is 9.89 Å². The number of hydrogen-bond acceptors (Lipinski definition) is 3. The number of nitrogens with one attached hydrogen (secondary N) is 2. The summed E-state index contributed by atoms with van der Waals surface area (Å²) in [7, 11) is 1.84. The van der Waals surface area contributed by atoms with Gasteiger partial charge in [0, 0.05) is 45.4 Å². The van der Waals surface area contributed by atoms with Crippen molar-refractivity contribution in [3.8, 4) is 0 Å². The van der Waals surface area contributed by atoms with Crippen molar-refractivity contribution in [1.29, 1.82) is 0 Å². The van der Waals surface area contributed by atoms with Crippen LogP contribution >= 0.6 is 24.0 Å². The minimum absolute atomic E-state index is 0. The molecule has 0 aliphatic carbocycles. The SMILES string of the molecule is CN=C(NCCCOC(C)c1ccccc1)NC1CN(C(C)C)CC1C.I. The topological polar surface area (TPSA) is 48.9 Å². The third-order valence-corrected chi connectivity index (χ3v) is 5.17. The van der Waals surface area contributed by atoms with E-state index < -0.39 is 0 Å². The molecule has 2 rings (SSSR count). The number of rotatable bonds is 8. The minimum atomic E-state index is 0. The summed E-state index contributed by atoms with van der Waals surface area (Å²) in [6.45, 7) is 12.8. The standard InChI is InChI=1S/C21H36N4O.HI/c1-16(2)25-14-17(3)20(15-25)24-21(22-5)23-12-9-13-26-18(4)19-10-7-6-8-11-19;/h6-8,10-11,16-18,20H,9,12-15H2,1-5H3,(H2,22,23,24);1H. The molecule has 0 aromatic heterocycles. The van der Waals surface area contributed by atoms with Gasteiger partial charge in [-0.2, -0.15) is 0 Å². The summed E-state index contributed by atoms with van der Waals surface area (Å²) < 4.78 is 5.93. The Bertz CT molecular complexity index is 552. The fourth-order valence-corrected chi connectivity index (χ4v) is 3.34. The highest BCUT2D eigenvalue weighted by Gasteiger charge is 2.31. The molecule has 1 saturated heterocycles. The quantitative estimate of drug-likeness (QED) is 0.254.